The molecule has 1 N–H and O–H groups in total. The predicted molar refractivity (Wildman–Crippen MR) is 112 cm³/mol. The maximum Gasteiger partial charge on any atom is 0.174 e. The lowest BCUT2D eigenvalue weighted by Gasteiger charge is -2.28. The van der Waals surface area contributed by atoms with E-state index in [0.717, 1.165) is 15.9 Å². The highest BCUT2D eigenvalue weighted by molar-refractivity contribution is 9.10. The lowest BCUT2D eigenvalue weighted by atomic mass is 10.0. The number of hydrogen-bond acceptors (Lipinski definition) is 2. The zero-order valence-corrected chi connectivity index (χ0v) is 17.0. The van der Waals surface area contributed by atoms with E-state index in [-0.39, 0.29) is 12.1 Å². The molecule has 26 heavy (non-hydrogen) atoms. The molecule has 1 aromatic carbocycles. The Labute approximate surface area is 167 Å². The zero-order chi connectivity index (χ0) is 18.3. The van der Waals surface area contributed by atoms with E-state index in [9.17, 15) is 0 Å². The molecule has 1 saturated heterocycles. The van der Waals surface area contributed by atoms with Crippen LogP contribution < -0.4 is 10.2 Å². The summed E-state index contributed by atoms with van der Waals surface area (Å²) in [5.41, 5.74) is 4.47. The van der Waals surface area contributed by atoms with Gasteiger partial charge in [0, 0.05) is 34.8 Å². The van der Waals surface area contributed by atoms with Crippen LogP contribution in [0, 0.1) is 6.92 Å². The first-order valence-electron chi connectivity index (χ1n) is 8.44. The molecular formula is C20H19BrN4S. The van der Waals surface area contributed by atoms with Crippen molar-refractivity contribution in [3.63, 3.8) is 0 Å². The van der Waals surface area contributed by atoms with Crippen LogP contribution in [-0.2, 0) is 7.05 Å². The Balaban J connectivity index is 1.85. The molecule has 0 unspecified atom stereocenters. The fourth-order valence-corrected chi connectivity index (χ4v) is 4.08. The van der Waals surface area contributed by atoms with Crippen molar-refractivity contribution in [1.29, 1.82) is 0 Å². The lowest BCUT2D eigenvalue weighted by molar-refractivity contribution is 0.539. The molecule has 4 nitrogen and oxygen atoms in total. The number of anilines is 1. The van der Waals surface area contributed by atoms with Crippen molar-refractivity contribution in [2.24, 2.45) is 7.05 Å². The van der Waals surface area contributed by atoms with E-state index in [0.29, 0.717) is 5.11 Å². The molecule has 4 rings (SSSR count). The van der Waals surface area contributed by atoms with Crippen molar-refractivity contribution in [2.75, 3.05) is 4.90 Å². The highest BCUT2D eigenvalue weighted by Crippen LogP contribution is 2.41. The molecule has 2 atom stereocenters. The number of benzene rings is 1. The van der Waals surface area contributed by atoms with E-state index in [1.54, 1.807) is 0 Å². The summed E-state index contributed by atoms with van der Waals surface area (Å²) in [5.74, 6) is 0. The van der Waals surface area contributed by atoms with Crippen LogP contribution in [0.5, 0.6) is 0 Å². The summed E-state index contributed by atoms with van der Waals surface area (Å²) in [6.07, 6.45) is 1.83. The highest BCUT2D eigenvalue weighted by atomic mass is 79.9. The first kappa shape index (κ1) is 17.2. The molecule has 0 aliphatic carbocycles. The van der Waals surface area contributed by atoms with E-state index < -0.39 is 0 Å². The summed E-state index contributed by atoms with van der Waals surface area (Å²) in [6, 6.07) is 18.6. The molecule has 2 aromatic heterocycles. The Morgan fingerprint density at radius 1 is 1.08 bits per heavy atom. The van der Waals surface area contributed by atoms with Crippen molar-refractivity contribution < 1.29 is 0 Å². The van der Waals surface area contributed by atoms with Gasteiger partial charge in [-0.1, -0.05) is 22.0 Å². The van der Waals surface area contributed by atoms with Crippen LogP contribution in [0.4, 0.5) is 5.69 Å². The molecule has 3 aromatic rings. The van der Waals surface area contributed by atoms with Gasteiger partial charge in [0.1, 0.15) is 6.04 Å². The zero-order valence-electron chi connectivity index (χ0n) is 14.6. The molecule has 1 fully saturated rings. The van der Waals surface area contributed by atoms with Gasteiger partial charge in [0.15, 0.2) is 5.11 Å². The quantitative estimate of drug-likeness (QED) is 0.616. The normalized spacial score (nSPS) is 19.7. The molecule has 0 amide bonds. The fraction of sp³-hybridized carbons (Fsp3) is 0.200. The lowest BCUT2D eigenvalue weighted by Crippen LogP contribution is -2.30. The van der Waals surface area contributed by atoms with Crippen LogP contribution >= 0.6 is 28.1 Å². The standard InChI is InChI=1S/C20H19BrN4S/c1-13-6-11-17(24(13)2)19-18(16-5-3-4-12-22-16)23-20(26)25(19)15-9-7-14(21)8-10-15/h3-12,18-19H,1-2H3,(H,23,26)/t18-,19+/m1/s1. The molecule has 1 aliphatic rings. The van der Waals surface area contributed by atoms with Gasteiger partial charge in [-0.05, 0) is 67.7 Å². The summed E-state index contributed by atoms with van der Waals surface area (Å²) < 4.78 is 3.27. The van der Waals surface area contributed by atoms with Gasteiger partial charge >= 0.3 is 0 Å². The van der Waals surface area contributed by atoms with Gasteiger partial charge < -0.3 is 14.8 Å². The minimum Gasteiger partial charge on any atom is -0.351 e. The second kappa shape index (κ2) is 6.85. The van der Waals surface area contributed by atoms with E-state index >= 15 is 0 Å². The molecule has 0 spiro atoms. The molecule has 132 valence electrons. The van der Waals surface area contributed by atoms with Crippen LogP contribution in [0.2, 0.25) is 0 Å². The topological polar surface area (TPSA) is 33.1 Å². The van der Waals surface area contributed by atoms with Crippen molar-refractivity contribution >= 4 is 38.9 Å². The average molecular weight is 427 g/mol. The largest absolute Gasteiger partial charge is 0.351 e. The smallest absolute Gasteiger partial charge is 0.174 e. The molecule has 6 heteroatoms. The molecular weight excluding hydrogens is 408 g/mol. The van der Waals surface area contributed by atoms with Crippen LogP contribution in [0.15, 0.2) is 65.3 Å². The predicted octanol–water partition coefficient (Wildman–Crippen LogP) is 4.67. The van der Waals surface area contributed by atoms with E-state index in [1.165, 1.54) is 11.4 Å². The van der Waals surface area contributed by atoms with Crippen molar-refractivity contribution in [3.8, 4) is 0 Å². The van der Waals surface area contributed by atoms with Crippen LogP contribution in [0.25, 0.3) is 0 Å². The fourth-order valence-electron chi connectivity index (χ4n) is 3.47. The molecule has 0 bridgehead atoms. The number of nitrogens with zero attached hydrogens (tertiary/aromatic N) is 3. The third-order valence-corrected chi connectivity index (χ3v) is 5.76. The second-order valence-corrected chi connectivity index (χ2v) is 7.73. The average Bonchev–Trinajstić information content (AvgIpc) is 3.16. The first-order valence-corrected chi connectivity index (χ1v) is 9.65. The van der Waals surface area contributed by atoms with E-state index in [1.807, 2.05) is 36.5 Å². The van der Waals surface area contributed by atoms with Crippen molar-refractivity contribution in [2.45, 2.75) is 19.0 Å². The number of aryl methyl sites for hydroxylation is 1. The van der Waals surface area contributed by atoms with Crippen LogP contribution in [0.3, 0.4) is 0 Å². The second-order valence-electron chi connectivity index (χ2n) is 6.43. The number of nitrogens with one attached hydrogen (secondary N) is 1. The minimum absolute atomic E-state index is 0.0136. The van der Waals surface area contributed by atoms with Gasteiger partial charge in [0.05, 0.1) is 11.7 Å². The molecule has 0 radical (unpaired) electrons. The Morgan fingerprint density at radius 3 is 2.46 bits per heavy atom. The van der Waals surface area contributed by atoms with Crippen molar-refractivity contribution in [1.82, 2.24) is 14.9 Å². The van der Waals surface area contributed by atoms with Gasteiger partial charge in [-0.25, -0.2) is 0 Å². The number of pyridine rings is 1. The van der Waals surface area contributed by atoms with Crippen LogP contribution in [0.1, 0.15) is 29.2 Å². The van der Waals surface area contributed by atoms with Gasteiger partial charge in [0.25, 0.3) is 0 Å². The number of aromatic nitrogens is 2. The maximum absolute atomic E-state index is 5.73. The van der Waals surface area contributed by atoms with Gasteiger partial charge in [0.2, 0.25) is 0 Å². The highest BCUT2D eigenvalue weighted by Gasteiger charge is 2.41. The van der Waals surface area contributed by atoms with Gasteiger partial charge in [-0.2, -0.15) is 0 Å². The van der Waals surface area contributed by atoms with Crippen LogP contribution in [-0.4, -0.2) is 14.7 Å². The summed E-state index contributed by atoms with van der Waals surface area (Å²) >= 11 is 9.24. The Kier molecular flexibility index (Phi) is 4.54. The Morgan fingerprint density at radius 2 is 1.85 bits per heavy atom. The summed E-state index contributed by atoms with van der Waals surface area (Å²) in [6.45, 7) is 2.12. The number of hydrogen-bond donors (Lipinski definition) is 1. The van der Waals surface area contributed by atoms with Gasteiger partial charge in [-0.3, -0.25) is 4.98 Å². The monoisotopic (exact) mass is 426 g/mol. The Bertz CT molecular complexity index is 936. The molecule has 1 aliphatic heterocycles. The molecule has 0 saturated carbocycles. The van der Waals surface area contributed by atoms with E-state index in [4.69, 9.17) is 12.2 Å². The summed E-state index contributed by atoms with van der Waals surface area (Å²) in [7, 11) is 2.10. The SMILES string of the molecule is Cc1ccc([C@H]2[C@@H](c3ccccn3)NC(=S)N2c2ccc(Br)cc2)n1C. The number of rotatable bonds is 3. The molecule has 3 heterocycles. The third kappa shape index (κ3) is 2.93. The number of thiocarbonyl (C=S) groups is 1. The summed E-state index contributed by atoms with van der Waals surface area (Å²) in [5, 5.41) is 4.20. The number of halogens is 1. The Hall–Kier alpha value is -2.18. The minimum atomic E-state index is -0.0136. The van der Waals surface area contributed by atoms with Gasteiger partial charge in [-0.15, -0.1) is 0 Å². The van der Waals surface area contributed by atoms with Crippen molar-refractivity contribution in [3.05, 3.63) is 82.3 Å². The first-order chi connectivity index (χ1) is 12.6. The summed E-state index contributed by atoms with van der Waals surface area (Å²) in [4.78, 5) is 6.77. The maximum atomic E-state index is 5.73. The van der Waals surface area contributed by atoms with E-state index in [2.05, 4.69) is 73.9 Å². The third-order valence-electron chi connectivity index (χ3n) is 4.92.